The van der Waals surface area contributed by atoms with E-state index in [1.165, 1.54) is 0 Å². The number of primary amides is 1. The molecule has 0 spiro atoms. The van der Waals surface area contributed by atoms with Gasteiger partial charge in [-0.05, 0) is 0 Å². The van der Waals surface area contributed by atoms with Crippen LogP contribution in [0.2, 0.25) is 0 Å². The number of rotatable bonds is 12. The van der Waals surface area contributed by atoms with E-state index in [-0.39, 0.29) is 18.8 Å². The normalized spacial score (nSPS) is 26.7. The van der Waals surface area contributed by atoms with Crippen LogP contribution in [0.25, 0.3) is 0 Å². The summed E-state index contributed by atoms with van der Waals surface area (Å²) in [5.74, 6) is -7.23. The Morgan fingerprint density at radius 3 is 2.35 bits per heavy atom. The van der Waals surface area contributed by atoms with Crippen molar-refractivity contribution in [2.24, 2.45) is 11.5 Å². The molecule has 7 atom stereocenters. The quantitative estimate of drug-likeness (QED) is 0.0648. The first-order valence-corrected chi connectivity index (χ1v) is 17.1. The molecule has 0 radical (unpaired) electrons. The maximum absolute atomic E-state index is 13.7. The number of carbonyl (C=O) groups excluding carboxylic acids is 7. The van der Waals surface area contributed by atoms with Crippen molar-refractivity contribution >= 4 is 55.3 Å². The highest BCUT2D eigenvalue weighted by Crippen LogP contribution is 2.24. The van der Waals surface area contributed by atoms with Crippen molar-refractivity contribution in [3.05, 3.63) is 11.9 Å². The van der Waals surface area contributed by atoms with Gasteiger partial charge in [-0.15, -0.1) is 0 Å². The molecule has 0 aromatic carbocycles. The third-order valence-electron chi connectivity index (χ3n) is 7.29. The highest BCUT2D eigenvalue weighted by Gasteiger charge is 2.38. The fraction of sp³-hybridized carbons (Fsp3) is 0.600. The van der Waals surface area contributed by atoms with Crippen LogP contribution in [-0.4, -0.2) is 126 Å². The lowest BCUT2D eigenvalue weighted by Crippen LogP contribution is -2.92. The van der Waals surface area contributed by atoms with E-state index in [1.807, 2.05) is 16.0 Å². The highest BCUT2D eigenvalue weighted by atomic mass is 31.2. The number of quaternary nitrogens is 2. The predicted molar refractivity (Wildman–Crippen MR) is 166 cm³/mol. The fourth-order valence-corrected chi connectivity index (χ4v) is 5.08. The van der Waals surface area contributed by atoms with E-state index >= 15 is 0 Å². The van der Waals surface area contributed by atoms with Crippen LogP contribution in [-0.2, 0) is 37.9 Å². The molecule has 27 heteroatoms. The molecule has 1 fully saturated rings. The molecule has 0 aromatic heterocycles. The Bertz CT molecular complexity index is 1460. The SMILES string of the molecule is NC(=O)N/C=C1\NC(=O)[C@H](CO)NC(=O)[C@H](COP(=O)([O-])[O-])NC(=O)[C@@H](NC(=O)C[C@@H]([NH3+])CCC[NH3+])CNC(=O)[C@H]([C@H]2C[C@H](O)NC(N)=[NH+]2)NC1=O. The molecule has 1 saturated heterocycles. The van der Waals surface area contributed by atoms with Crippen molar-refractivity contribution in [2.45, 2.75) is 68.2 Å². The molecule has 2 heterocycles. The van der Waals surface area contributed by atoms with E-state index < -0.39 is 117 Å². The number of nitrogens with two attached hydrogens (primary N) is 2. The second kappa shape index (κ2) is 20.2. The van der Waals surface area contributed by atoms with Crippen molar-refractivity contribution in [1.29, 1.82) is 0 Å². The summed E-state index contributed by atoms with van der Waals surface area (Å²) < 4.78 is 15.4. The lowest BCUT2D eigenvalue weighted by molar-refractivity contribution is -0.518. The van der Waals surface area contributed by atoms with E-state index in [1.54, 1.807) is 0 Å². The van der Waals surface area contributed by atoms with Gasteiger partial charge in [0.15, 0.2) is 6.23 Å². The number of aliphatic hydroxyl groups is 2. The average Bonchev–Trinajstić information content (AvgIpc) is 3.04. The van der Waals surface area contributed by atoms with Crippen molar-refractivity contribution in [3.63, 3.8) is 0 Å². The molecule has 8 amide bonds. The molecule has 2 aliphatic rings. The van der Waals surface area contributed by atoms with Crippen molar-refractivity contribution in [3.8, 4) is 0 Å². The van der Waals surface area contributed by atoms with Gasteiger partial charge in [-0.3, -0.25) is 44.8 Å². The minimum Gasteiger partial charge on any atom is -0.790 e. The molecule has 292 valence electrons. The van der Waals surface area contributed by atoms with Crippen LogP contribution in [0.15, 0.2) is 11.9 Å². The standard InChI is InChI=1S/C25H44N13O13P/c26-3-1-2-10(27)4-16(40)32-12-6-30-23(46)18(11-5-17(41)37-24(28)36-11)38-20(43)13(7-31-25(29)47)33-21(44)14(8-39)34-22(45)15(35-19(12)42)9-51-52(48,49)50/h7,10-12,14-15,17-18,39,41H,1-6,8-9,26-27H2,(H,30,46)(H,32,40)(H,33,44)(H,34,45)(H,35,42)(H,38,43)(H3,28,36,37)(H3,29,31,47)(H2,48,49,50)/p+1/b13-7-/t10-,11+,12-,14-,15-,17-,18-/m0/s1. The van der Waals surface area contributed by atoms with Gasteiger partial charge in [0.25, 0.3) is 5.91 Å². The van der Waals surface area contributed by atoms with Gasteiger partial charge >= 0.3 is 12.0 Å². The van der Waals surface area contributed by atoms with Crippen LogP contribution in [0.5, 0.6) is 0 Å². The Balaban J connectivity index is 2.63. The van der Waals surface area contributed by atoms with Gasteiger partial charge in [0.1, 0.15) is 35.9 Å². The second-order valence-corrected chi connectivity index (χ2v) is 12.7. The van der Waals surface area contributed by atoms with Gasteiger partial charge in [-0.25, -0.2) is 4.79 Å². The van der Waals surface area contributed by atoms with E-state index in [0.29, 0.717) is 25.6 Å². The van der Waals surface area contributed by atoms with Gasteiger partial charge in [0.05, 0.1) is 40.0 Å². The zero-order chi connectivity index (χ0) is 39.2. The zero-order valence-electron chi connectivity index (χ0n) is 27.7. The Hall–Kier alpha value is -4.95. The minimum atomic E-state index is -5.76. The third kappa shape index (κ3) is 14.7. The fourth-order valence-electron chi connectivity index (χ4n) is 4.75. The van der Waals surface area contributed by atoms with Crippen molar-refractivity contribution < 1.29 is 79.1 Å². The number of nitrogens with one attached hydrogen (secondary N) is 9. The average molecular weight is 767 g/mol. The van der Waals surface area contributed by atoms with Gasteiger partial charge in [0, 0.05) is 32.0 Å². The van der Waals surface area contributed by atoms with Gasteiger partial charge in [0.2, 0.25) is 29.5 Å². The maximum Gasteiger partial charge on any atom is 0.343 e. The molecular formula is C25H45N13O13P+. The molecule has 26 nitrogen and oxygen atoms in total. The van der Waals surface area contributed by atoms with Crippen LogP contribution in [0.1, 0.15) is 25.7 Å². The van der Waals surface area contributed by atoms with E-state index in [0.717, 1.165) is 0 Å². The van der Waals surface area contributed by atoms with E-state index in [2.05, 4.69) is 47.6 Å². The zero-order valence-corrected chi connectivity index (χ0v) is 28.6. The summed E-state index contributed by atoms with van der Waals surface area (Å²) in [7, 11) is -5.76. The maximum atomic E-state index is 13.7. The predicted octanol–water partition coefficient (Wildman–Crippen LogP) is -13.4. The first-order chi connectivity index (χ1) is 24.3. The lowest BCUT2D eigenvalue weighted by atomic mass is 10.0. The number of hydrogen-bond acceptors (Lipinski definition) is 15. The summed E-state index contributed by atoms with van der Waals surface area (Å²) >= 11 is 0. The number of amides is 8. The molecule has 0 aromatic rings. The minimum absolute atomic E-state index is 0.202. The summed E-state index contributed by atoms with van der Waals surface area (Å²) in [4.78, 5) is 116. The molecule has 52 heavy (non-hydrogen) atoms. The Morgan fingerprint density at radius 1 is 1.08 bits per heavy atom. The Morgan fingerprint density at radius 2 is 1.75 bits per heavy atom. The van der Waals surface area contributed by atoms with Crippen LogP contribution in [0, 0.1) is 0 Å². The number of phosphoric ester groups is 1. The molecule has 21 N–H and O–H groups in total. The Kier molecular flexibility index (Phi) is 16.8. The van der Waals surface area contributed by atoms with E-state index in [4.69, 9.17) is 11.5 Å². The molecule has 0 unspecified atom stereocenters. The van der Waals surface area contributed by atoms with Crippen LogP contribution in [0.3, 0.4) is 0 Å². The summed E-state index contributed by atoms with van der Waals surface area (Å²) in [6.07, 6.45) is -0.0519. The Labute approximate surface area is 294 Å². The van der Waals surface area contributed by atoms with Gasteiger partial charge in [-0.1, -0.05) is 0 Å². The van der Waals surface area contributed by atoms with E-state index in [9.17, 15) is 58.1 Å². The summed E-state index contributed by atoms with van der Waals surface area (Å²) in [6.45, 7) is -2.66. The number of aliphatic hydroxyl groups excluding tert-OH is 2. The van der Waals surface area contributed by atoms with Crippen LogP contribution in [0.4, 0.5) is 4.79 Å². The molecule has 2 aliphatic heterocycles. The molecule has 0 bridgehead atoms. The van der Waals surface area contributed by atoms with Crippen LogP contribution < -0.4 is 80.2 Å². The number of guanidine groups is 1. The monoisotopic (exact) mass is 766 g/mol. The molecule has 2 rings (SSSR count). The van der Waals surface area contributed by atoms with Crippen molar-refractivity contribution in [2.75, 3.05) is 26.3 Å². The number of phosphoric acid groups is 1. The van der Waals surface area contributed by atoms with Gasteiger partial charge < -0.3 is 83.5 Å². The van der Waals surface area contributed by atoms with Crippen LogP contribution >= 0.6 is 7.82 Å². The molecular weight excluding hydrogens is 721 g/mol. The summed E-state index contributed by atoms with van der Waals surface area (Å²) in [5.41, 5.74) is 17.6. The molecule has 0 saturated carbocycles. The smallest absolute Gasteiger partial charge is 0.343 e. The second-order valence-electron chi connectivity index (χ2n) is 11.5. The third-order valence-corrected chi connectivity index (χ3v) is 7.75. The largest absolute Gasteiger partial charge is 0.790 e. The first-order valence-electron chi connectivity index (χ1n) is 15.6. The summed E-state index contributed by atoms with van der Waals surface area (Å²) in [5, 5.41) is 37.6. The lowest BCUT2D eigenvalue weighted by Gasteiger charge is -2.32. The number of urea groups is 1. The number of hydrogen-bond donors (Lipinski definition) is 15. The first kappa shape index (κ1) is 43.2. The van der Waals surface area contributed by atoms with Gasteiger partial charge in [-0.2, -0.15) is 0 Å². The highest BCUT2D eigenvalue weighted by molar-refractivity contribution is 7.43. The summed E-state index contributed by atoms with van der Waals surface area (Å²) in [6, 6.07) is -10.2. The topological polar surface area (TPSA) is 450 Å². The molecule has 0 aliphatic carbocycles. The van der Waals surface area contributed by atoms with Crippen molar-refractivity contribution in [1.82, 2.24) is 42.5 Å². The number of carbonyl (C=O) groups is 7.